The van der Waals surface area contributed by atoms with E-state index in [0.717, 1.165) is 22.3 Å². The normalized spacial score (nSPS) is 10.6. The molecule has 0 fully saturated rings. The highest BCUT2D eigenvalue weighted by atomic mass is 79.9. The van der Waals surface area contributed by atoms with E-state index in [9.17, 15) is 0 Å². The van der Waals surface area contributed by atoms with Gasteiger partial charge in [-0.15, -0.1) is 0 Å². The molecule has 0 atom stereocenters. The van der Waals surface area contributed by atoms with E-state index in [4.69, 9.17) is 4.74 Å². The minimum Gasteiger partial charge on any atom is -0.489 e. The number of aryl methyl sites for hydroxylation is 2. The van der Waals surface area contributed by atoms with Crippen molar-refractivity contribution >= 4 is 15.9 Å². The van der Waals surface area contributed by atoms with Crippen LogP contribution in [0.25, 0.3) is 0 Å². The summed E-state index contributed by atoms with van der Waals surface area (Å²) in [5.74, 6) is 0.946. The Morgan fingerprint density at radius 2 is 1.90 bits per heavy atom. The van der Waals surface area contributed by atoms with Crippen LogP contribution in [0.15, 0.2) is 40.9 Å². The van der Waals surface area contributed by atoms with Crippen molar-refractivity contribution in [3.8, 4) is 5.75 Å². The van der Waals surface area contributed by atoms with Crippen LogP contribution in [-0.2, 0) is 13.2 Å². The van der Waals surface area contributed by atoms with Gasteiger partial charge < -0.3 is 10.1 Å². The molecule has 0 saturated carbocycles. The fraction of sp³-hybridized carbons (Fsp3) is 0.294. The Bertz CT molecular complexity index is 596. The highest BCUT2D eigenvalue weighted by Crippen LogP contribution is 2.23. The molecular formula is C17H20BrNO. The minimum absolute atomic E-state index is 0.574. The van der Waals surface area contributed by atoms with Gasteiger partial charge in [0, 0.05) is 16.6 Å². The van der Waals surface area contributed by atoms with E-state index in [1.165, 1.54) is 16.7 Å². The van der Waals surface area contributed by atoms with Crippen LogP contribution in [0.2, 0.25) is 0 Å². The number of benzene rings is 2. The molecule has 0 aromatic heterocycles. The van der Waals surface area contributed by atoms with Gasteiger partial charge in [-0.25, -0.2) is 0 Å². The van der Waals surface area contributed by atoms with Crippen molar-refractivity contribution < 1.29 is 4.74 Å². The fourth-order valence-electron chi connectivity index (χ4n) is 2.14. The molecule has 0 aliphatic rings. The van der Waals surface area contributed by atoms with Gasteiger partial charge in [0.15, 0.2) is 0 Å². The fourth-order valence-corrected chi connectivity index (χ4v) is 2.68. The third-order valence-corrected chi connectivity index (χ3v) is 3.95. The summed E-state index contributed by atoms with van der Waals surface area (Å²) in [6.07, 6.45) is 0. The highest BCUT2D eigenvalue weighted by Gasteiger charge is 2.04. The van der Waals surface area contributed by atoms with Crippen molar-refractivity contribution in [3.63, 3.8) is 0 Å². The molecule has 2 aromatic carbocycles. The molecule has 0 unspecified atom stereocenters. The van der Waals surface area contributed by atoms with Crippen LogP contribution in [0.1, 0.15) is 22.3 Å². The van der Waals surface area contributed by atoms with E-state index < -0.39 is 0 Å². The molecule has 2 aromatic rings. The third-order valence-electron chi connectivity index (χ3n) is 3.21. The Labute approximate surface area is 129 Å². The zero-order chi connectivity index (χ0) is 14.5. The second-order valence-corrected chi connectivity index (χ2v) is 5.87. The van der Waals surface area contributed by atoms with Gasteiger partial charge >= 0.3 is 0 Å². The standard InChI is InChI=1S/C17H20BrNO/c1-12-4-7-17(13(2)8-12)20-11-15-6-5-14(10-19-3)9-16(15)18/h4-9,19H,10-11H2,1-3H3. The summed E-state index contributed by atoms with van der Waals surface area (Å²) >= 11 is 3.61. The monoisotopic (exact) mass is 333 g/mol. The average molecular weight is 334 g/mol. The van der Waals surface area contributed by atoms with Crippen LogP contribution in [0.4, 0.5) is 0 Å². The topological polar surface area (TPSA) is 21.3 Å². The van der Waals surface area contributed by atoms with Crippen LogP contribution in [0, 0.1) is 13.8 Å². The predicted octanol–water partition coefficient (Wildman–Crippen LogP) is 4.36. The van der Waals surface area contributed by atoms with Gasteiger partial charge in [-0.2, -0.15) is 0 Å². The Morgan fingerprint density at radius 1 is 1.10 bits per heavy atom. The van der Waals surface area contributed by atoms with Gasteiger partial charge in [-0.05, 0) is 44.2 Å². The van der Waals surface area contributed by atoms with Gasteiger partial charge in [0.1, 0.15) is 12.4 Å². The summed E-state index contributed by atoms with van der Waals surface area (Å²) in [4.78, 5) is 0. The predicted molar refractivity (Wildman–Crippen MR) is 87.2 cm³/mol. The summed E-state index contributed by atoms with van der Waals surface area (Å²) in [5, 5.41) is 3.15. The van der Waals surface area contributed by atoms with Gasteiger partial charge in [0.05, 0.1) is 0 Å². The van der Waals surface area contributed by atoms with Gasteiger partial charge in [0.25, 0.3) is 0 Å². The maximum Gasteiger partial charge on any atom is 0.122 e. The first kappa shape index (κ1) is 15.1. The molecule has 0 aliphatic carbocycles. The van der Waals surface area contributed by atoms with Gasteiger partial charge in [-0.3, -0.25) is 0 Å². The molecule has 0 amide bonds. The molecule has 3 heteroatoms. The SMILES string of the molecule is CNCc1ccc(COc2ccc(C)cc2C)c(Br)c1. The number of hydrogen-bond donors (Lipinski definition) is 1. The lowest BCUT2D eigenvalue weighted by atomic mass is 10.1. The van der Waals surface area contributed by atoms with Crippen molar-refractivity contribution in [2.24, 2.45) is 0 Å². The molecule has 0 heterocycles. The smallest absolute Gasteiger partial charge is 0.122 e. The average Bonchev–Trinajstić information content (AvgIpc) is 2.40. The first-order chi connectivity index (χ1) is 9.60. The number of nitrogens with one attached hydrogen (secondary N) is 1. The maximum absolute atomic E-state index is 5.91. The molecule has 0 bridgehead atoms. The number of rotatable bonds is 5. The lowest BCUT2D eigenvalue weighted by Crippen LogP contribution is -2.05. The second kappa shape index (κ2) is 6.91. The Balaban J connectivity index is 2.07. The van der Waals surface area contributed by atoms with E-state index >= 15 is 0 Å². The summed E-state index contributed by atoms with van der Waals surface area (Å²) in [6.45, 7) is 5.61. The molecular weight excluding hydrogens is 314 g/mol. The minimum atomic E-state index is 0.574. The van der Waals surface area contributed by atoms with Crippen LogP contribution in [0.5, 0.6) is 5.75 Å². The van der Waals surface area contributed by atoms with E-state index in [1.54, 1.807) is 0 Å². The summed E-state index contributed by atoms with van der Waals surface area (Å²) in [7, 11) is 1.95. The number of halogens is 1. The molecule has 20 heavy (non-hydrogen) atoms. The van der Waals surface area contributed by atoms with Crippen molar-refractivity contribution in [1.82, 2.24) is 5.32 Å². The quantitative estimate of drug-likeness (QED) is 0.877. The summed E-state index contributed by atoms with van der Waals surface area (Å²) in [5.41, 5.74) is 4.85. The third kappa shape index (κ3) is 3.84. The molecule has 0 radical (unpaired) electrons. The maximum atomic E-state index is 5.91. The second-order valence-electron chi connectivity index (χ2n) is 5.01. The Kier molecular flexibility index (Phi) is 5.21. The largest absolute Gasteiger partial charge is 0.489 e. The van der Waals surface area contributed by atoms with Crippen molar-refractivity contribution in [2.75, 3.05) is 7.05 Å². The highest BCUT2D eigenvalue weighted by molar-refractivity contribution is 9.10. The first-order valence-electron chi connectivity index (χ1n) is 6.72. The molecule has 106 valence electrons. The molecule has 0 saturated heterocycles. The van der Waals surface area contributed by atoms with Gasteiger partial charge in [0.2, 0.25) is 0 Å². The molecule has 2 rings (SSSR count). The number of hydrogen-bond acceptors (Lipinski definition) is 2. The Morgan fingerprint density at radius 3 is 2.55 bits per heavy atom. The van der Waals surface area contributed by atoms with Crippen LogP contribution < -0.4 is 10.1 Å². The van der Waals surface area contributed by atoms with E-state index in [-0.39, 0.29) is 0 Å². The Hall–Kier alpha value is -1.32. The van der Waals surface area contributed by atoms with Crippen molar-refractivity contribution in [1.29, 1.82) is 0 Å². The van der Waals surface area contributed by atoms with Crippen LogP contribution in [-0.4, -0.2) is 7.05 Å². The van der Waals surface area contributed by atoms with Crippen molar-refractivity contribution in [3.05, 3.63) is 63.1 Å². The molecule has 0 spiro atoms. The molecule has 0 aliphatic heterocycles. The lowest BCUT2D eigenvalue weighted by Gasteiger charge is -2.12. The lowest BCUT2D eigenvalue weighted by molar-refractivity contribution is 0.303. The van der Waals surface area contributed by atoms with E-state index in [0.29, 0.717) is 6.61 Å². The zero-order valence-corrected chi connectivity index (χ0v) is 13.8. The van der Waals surface area contributed by atoms with Crippen LogP contribution >= 0.6 is 15.9 Å². The summed E-state index contributed by atoms with van der Waals surface area (Å²) in [6, 6.07) is 12.6. The van der Waals surface area contributed by atoms with E-state index in [2.05, 4.69) is 65.4 Å². The van der Waals surface area contributed by atoms with Crippen molar-refractivity contribution in [2.45, 2.75) is 27.0 Å². The number of ether oxygens (including phenoxy) is 1. The van der Waals surface area contributed by atoms with Crippen LogP contribution in [0.3, 0.4) is 0 Å². The summed E-state index contributed by atoms with van der Waals surface area (Å²) < 4.78 is 7.01. The molecule has 2 nitrogen and oxygen atoms in total. The van der Waals surface area contributed by atoms with E-state index in [1.807, 2.05) is 13.1 Å². The zero-order valence-electron chi connectivity index (χ0n) is 12.2. The van der Waals surface area contributed by atoms with Gasteiger partial charge in [-0.1, -0.05) is 45.8 Å². The first-order valence-corrected chi connectivity index (χ1v) is 7.51. The molecule has 1 N–H and O–H groups in total.